The highest BCUT2D eigenvalue weighted by atomic mass is 32.1. The number of anilines is 2. The average molecular weight is 378 g/mol. The molecule has 0 bridgehead atoms. The van der Waals surface area contributed by atoms with E-state index < -0.39 is 0 Å². The van der Waals surface area contributed by atoms with Crippen LogP contribution in [0, 0.1) is 12.3 Å². The molecule has 0 unspecified atom stereocenters. The largest absolute Gasteiger partial charge is 0.322 e. The van der Waals surface area contributed by atoms with Gasteiger partial charge in [-0.2, -0.15) is 5.10 Å². The molecule has 0 saturated heterocycles. The van der Waals surface area contributed by atoms with Gasteiger partial charge in [-0.3, -0.25) is 5.10 Å². The van der Waals surface area contributed by atoms with Crippen LogP contribution in [0.2, 0.25) is 0 Å². The summed E-state index contributed by atoms with van der Waals surface area (Å²) >= 11 is 1.75. The third kappa shape index (κ3) is 3.88. The normalized spacial score (nSPS) is 14.7. The van der Waals surface area contributed by atoms with Crippen molar-refractivity contribution >= 4 is 23.0 Å². The van der Waals surface area contributed by atoms with Crippen molar-refractivity contribution in [2.24, 2.45) is 0 Å². The SMILES string of the molecule is C#Cc1cnc(-c2ccc([C@H](C)CCC)s2)nc1Nc1cc(C2CC2)[nH]n1. The molecule has 27 heavy (non-hydrogen) atoms. The van der Waals surface area contributed by atoms with Gasteiger partial charge in [0.25, 0.3) is 0 Å². The molecular weight excluding hydrogens is 354 g/mol. The summed E-state index contributed by atoms with van der Waals surface area (Å²) in [4.78, 5) is 11.6. The summed E-state index contributed by atoms with van der Waals surface area (Å²) in [5.74, 6) is 5.88. The van der Waals surface area contributed by atoms with Gasteiger partial charge >= 0.3 is 0 Å². The highest BCUT2D eigenvalue weighted by Gasteiger charge is 2.25. The van der Waals surface area contributed by atoms with Crippen molar-refractivity contribution in [3.05, 3.63) is 40.5 Å². The monoisotopic (exact) mass is 377 g/mol. The standard InChI is InChI=1S/C21H23N5S/c1-4-6-13(3)17-9-10-18(27-17)21-22-12-14(5-2)20(24-21)23-19-11-16(25-26-19)15-7-8-15/h2,9-13,15H,4,6-8H2,1,3H3,(H2,22,23,24,25,26)/t13-/m1/s1. The summed E-state index contributed by atoms with van der Waals surface area (Å²) in [5.41, 5.74) is 1.80. The smallest absolute Gasteiger partial charge is 0.171 e. The van der Waals surface area contributed by atoms with E-state index in [2.05, 4.69) is 57.4 Å². The van der Waals surface area contributed by atoms with E-state index >= 15 is 0 Å². The van der Waals surface area contributed by atoms with Crippen LogP contribution in [-0.2, 0) is 0 Å². The number of thiophene rings is 1. The molecule has 0 radical (unpaired) electrons. The van der Waals surface area contributed by atoms with Gasteiger partial charge in [-0.1, -0.05) is 26.2 Å². The second-order valence-corrected chi connectivity index (χ2v) is 8.22. The van der Waals surface area contributed by atoms with Crippen LogP contribution < -0.4 is 5.32 Å². The topological polar surface area (TPSA) is 66.5 Å². The van der Waals surface area contributed by atoms with E-state index in [4.69, 9.17) is 6.42 Å². The summed E-state index contributed by atoms with van der Waals surface area (Å²) in [6.45, 7) is 4.48. The van der Waals surface area contributed by atoms with Crippen LogP contribution in [0.1, 0.15) is 67.5 Å². The Labute approximate surface area is 163 Å². The van der Waals surface area contributed by atoms with Crippen LogP contribution in [0.15, 0.2) is 24.4 Å². The number of nitrogens with one attached hydrogen (secondary N) is 2. The molecule has 3 aromatic rings. The molecule has 1 saturated carbocycles. The molecule has 3 heterocycles. The fraction of sp³-hybridized carbons (Fsp3) is 0.381. The molecule has 4 rings (SSSR count). The molecule has 0 spiro atoms. The summed E-state index contributed by atoms with van der Waals surface area (Å²) in [6.07, 6.45) is 12.2. The van der Waals surface area contributed by atoms with Crippen LogP contribution in [0.5, 0.6) is 0 Å². The first-order chi connectivity index (χ1) is 13.2. The minimum Gasteiger partial charge on any atom is -0.322 e. The highest BCUT2D eigenvalue weighted by molar-refractivity contribution is 7.15. The van der Waals surface area contributed by atoms with E-state index in [1.54, 1.807) is 17.5 Å². The second-order valence-electron chi connectivity index (χ2n) is 7.10. The first-order valence-corrected chi connectivity index (χ1v) is 10.3. The number of H-pyrrole nitrogens is 1. The molecule has 1 atom stereocenters. The van der Waals surface area contributed by atoms with Crippen molar-refractivity contribution in [1.82, 2.24) is 20.2 Å². The molecule has 6 heteroatoms. The van der Waals surface area contributed by atoms with Gasteiger partial charge in [0.05, 0.1) is 10.4 Å². The molecule has 2 N–H and O–H groups in total. The van der Waals surface area contributed by atoms with Gasteiger partial charge in [0.15, 0.2) is 17.5 Å². The van der Waals surface area contributed by atoms with Gasteiger partial charge in [-0.25, -0.2) is 9.97 Å². The molecule has 0 amide bonds. The van der Waals surface area contributed by atoms with E-state index in [1.165, 1.54) is 36.3 Å². The molecule has 1 fully saturated rings. The molecule has 1 aliphatic carbocycles. The molecule has 0 aliphatic heterocycles. The van der Waals surface area contributed by atoms with Crippen LogP contribution in [0.4, 0.5) is 11.6 Å². The lowest BCUT2D eigenvalue weighted by Gasteiger charge is -2.07. The lowest BCUT2D eigenvalue weighted by molar-refractivity contribution is 0.675. The van der Waals surface area contributed by atoms with E-state index in [0.29, 0.717) is 29.0 Å². The predicted octanol–water partition coefficient (Wildman–Crippen LogP) is 5.43. The lowest BCUT2D eigenvalue weighted by Crippen LogP contribution is -2.00. The molecule has 138 valence electrons. The van der Waals surface area contributed by atoms with Gasteiger partial charge in [0.2, 0.25) is 0 Å². The minimum absolute atomic E-state index is 0.557. The minimum atomic E-state index is 0.557. The van der Waals surface area contributed by atoms with Crippen LogP contribution in [-0.4, -0.2) is 20.2 Å². The van der Waals surface area contributed by atoms with Gasteiger partial charge < -0.3 is 5.32 Å². The van der Waals surface area contributed by atoms with Crippen molar-refractivity contribution in [3.8, 4) is 23.0 Å². The first kappa shape index (κ1) is 17.7. The van der Waals surface area contributed by atoms with Crippen molar-refractivity contribution in [2.45, 2.75) is 51.4 Å². The van der Waals surface area contributed by atoms with E-state index in [1.807, 2.05) is 6.07 Å². The Kier molecular flexibility index (Phi) is 4.95. The van der Waals surface area contributed by atoms with Crippen molar-refractivity contribution in [2.75, 3.05) is 5.32 Å². The van der Waals surface area contributed by atoms with Gasteiger partial charge in [0.1, 0.15) is 0 Å². The zero-order chi connectivity index (χ0) is 18.8. The Morgan fingerprint density at radius 3 is 3.00 bits per heavy atom. The number of aromatic amines is 1. The fourth-order valence-electron chi connectivity index (χ4n) is 3.14. The highest BCUT2D eigenvalue weighted by Crippen LogP contribution is 2.40. The van der Waals surface area contributed by atoms with Crippen LogP contribution in [0.3, 0.4) is 0 Å². The number of nitrogens with zero attached hydrogens (tertiary/aromatic N) is 3. The molecule has 5 nitrogen and oxygen atoms in total. The summed E-state index contributed by atoms with van der Waals surface area (Å²) in [6, 6.07) is 6.32. The molecular formula is C21H23N5S. The number of rotatable bonds is 7. The van der Waals surface area contributed by atoms with E-state index in [9.17, 15) is 0 Å². The van der Waals surface area contributed by atoms with Crippen LogP contribution in [0.25, 0.3) is 10.7 Å². The Morgan fingerprint density at radius 2 is 2.26 bits per heavy atom. The summed E-state index contributed by atoms with van der Waals surface area (Å²) in [7, 11) is 0. The Bertz CT molecular complexity index is 977. The molecule has 3 aromatic heterocycles. The Hall–Kier alpha value is -2.65. The fourth-order valence-corrected chi connectivity index (χ4v) is 4.17. The van der Waals surface area contributed by atoms with Crippen molar-refractivity contribution in [1.29, 1.82) is 0 Å². The number of hydrogen-bond donors (Lipinski definition) is 2. The Balaban J connectivity index is 1.59. The lowest BCUT2D eigenvalue weighted by atomic mass is 10.0. The van der Waals surface area contributed by atoms with E-state index in [-0.39, 0.29) is 0 Å². The van der Waals surface area contributed by atoms with Crippen LogP contribution >= 0.6 is 11.3 Å². The zero-order valence-electron chi connectivity index (χ0n) is 15.6. The maximum atomic E-state index is 5.64. The van der Waals surface area contributed by atoms with Crippen molar-refractivity contribution in [3.63, 3.8) is 0 Å². The molecule has 0 aromatic carbocycles. The number of hydrogen-bond acceptors (Lipinski definition) is 5. The number of aromatic nitrogens is 4. The van der Waals surface area contributed by atoms with Gasteiger partial charge in [-0.15, -0.1) is 17.8 Å². The maximum Gasteiger partial charge on any atom is 0.171 e. The third-order valence-electron chi connectivity index (χ3n) is 4.86. The average Bonchev–Trinajstić information content (AvgIpc) is 3.22. The quantitative estimate of drug-likeness (QED) is 0.539. The van der Waals surface area contributed by atoms with Gasteiger partial charge in [0, 0.05) is 28.8 Å². The zero-order valence-corrected chi connectivity index (χ0v) is 16.4. The summed E-state index contributed by atoms with van der Waals surface area (Å²) in [5, 5.41) is 10.7. The third-order valence-corrected chi connectivity index (χ3v) is 6.17. The predicted molar refractivity (Wildman–Crippen MR) is 110 cm³/mol. The summed E-state index contributed by atoms with van der Waals surface area (Å²) < 4.78 is 0. The van der Waals surface area contributed by atoms with Gasteiger partial charge in [-0.05, 0) is 37.3 Å². The first-order valence-electron chi connectivity index (χ1n) is 9.44. The Morgan fingerprint density at radius 1 is 1.41 bits per heavy atom. The molecule has 1 aliphatic rings. The maximum absolute atomic E-state index is 5.64. The second kappa shape index (κ2) is 7.53. The van der Waals surface area contributed by atoms with Crippen molar-refractivity contribution < 1.29 is 0 Å². The number of terminal acetylenes is 1. The van der Waals surface area contributed by atoms with E-state index in [0.717, 1.165) is 10.7 Å².